The molecule has 2 heterocycles. The van der Waals surface area contributed by atoms with Crippen molar-refractivity contribution in [2.24, 2.45) is 0 Å². The minimum atomic E-state index is -1.36. The fourth-order valence-electron chi connectivity index (χ4n) is 3.83. The summed E-state index contributed by atoms with van der Waals surface area (Å²) >= 11 is 0. The van der Waals surface area contributed by atoms with Crippen molar-refractivity contribution < 1.29 is 14.3 Å². The molecule has 166 valence electrons. The number of esters is 1. The minimum absolute atomic E-state index is 0.0245. The van der Waals surface area contributed by atoms with E-state index >= 15 is 0 Å². The number of carbonyl (C=O) groups excluding carboxylic acids is 2. The molecule has 7 nitrogen and oxygen atoms in total. The lowest BCUT2D eigenvalue weighted by Gasteiger charge is -2.40. The number of amides is 2. The number of nitrogens with zero attached hydrogens (tertiary/aromatic N) is 3. The standard InChI is InChI=1S/C23H32N4O3Si/c1-16-13-18(22(28)30-3)14-24-21(16)26-11-12-27(17(2)15-26)23(29)25-19-7-9-20(10-8-19)31(4,5)6/h7-10,13-14,17H,11-12,15H2,1-6H3,(H,25,29)/t17-/m1/s1. The molecule has 1 aromatic carbocycles. The van der Waals surface area contributed by atoms with Crippen molar-refractivity contribution in [1.29, 1.82) is 0 Å². The fraction of sp³-hybridized carbons (Fsp3) is 0.435. The van der Waals surface area contributed by atoms with Crippen molar-refractivity contribution in [3.63, 3.8) is 0 Å². The summed E-state index contributed by atoms with van der Waals surface area (Å²) in [5.41, 5.74) is 2.17. The van der Waals surface area contributed by atoms with Crippen molar-refractivity contribution in [1.82, 2.24) is 9.88 Å². The van der Waals surface area contributed by atoms with E-state index in [2.05, 4.69) is 47.0 Å². The summed E-state index contributed by atoms with van der Waals surface area (Å²) in [4.78, 5) is 33.1. The third-order valence-corrected chi connectivity index (χ3v) is 7.73. The number of carbonyl (C=O) groups is 2. The van der Waals surface area contributed by atoms with Crippen molar-refractivity contribution in [3.8, 4) is 0 Å². The Balaban J connectivity index is 1.63. The maximum Gasteiger partial charge on any atom is 0.339 e. The molecular formula is C23H32N4O3Si. The summed E-state index contributed by atoms with van der Waals surface area (Å²) in [7, 11) is 0.00282. The molecule has 0 bridgehead atoms. The lowest BCUT2D eigenvalue weighted by Crippen LogP contribution is -2.55. The van der Waals surface area contributed by atoms with Gasteiger partial charge in [0.15, 0.2) is 0 Å². The van der Waals surface area contributed by atoms with Crippen LogP contribution < -0.4 is 15.4 Å². The molecule has 2 amide bonds. The van der Waals surface area contributed by atoms with Gasteiger partial charge in [0, 0.05) is 37.6 Å². The summed E-state index contributed by atoms with van der Waals surface area (Å²) in [6.07, 6.45) is 1.54. The number of benzene rings is 1. The Bertz CT molecular complexity index is 956. The molecule has 2 aromatic rings. The van der Waals surface area contributed by atoms with Crippen LogP contribution in [0.5, 0.6) is 0 Å². The molecule has 0 aliphatic carbocycles. The quantitative estimate of drug-likeness (QED) is 0.582. The number of urea groups is 1. The summed E-state index contributed by atoms with van der Waals surface area (Å²) in [6, 6.07) is 9.95. The molecule has 1 N–H and O–H groups in total. The first-order valence-corrected chi connectivity index (χ1v) is 14.1. The molecule has 31 heavy (non-hydrogen) atoms. The lowest BCUT2D eigenvalue weighted by molar-refractivity contribution is 0.0600. The van der Waals surface area contributed by atoms with Crippen LogP contribution >= 0.6 is 0 Å². The summed E-state index contributed by atoms with van der Waals surface area (Å²) in [6.45, 7) is 12.8. The van der Waals surface area contributed by atoms with E-state index in [1.54, 1.807) is 12.3 Å². The van der Waals surface area contributed by atoms with Crippen LogP contribution in [0.4, 0.5) is 16.3 Å². The highest BCUT2D eigenvalue weighted by atomic mass is 28.3. The average Bonchev–Trinajstić information content (AvgIpc) is 2.72. The van der Waals surface area contributed by atoms with E-state index in [-0.39, 0.29) is 12.1 Å². The Morgan fingerprint density at radius 1 is 1.16 bits per heavy atom. The Labute approximate surface area is 185 Å². The van der Waals surface area contributed by atoms with Gasteiger partial charge in [0.2, 0.25) is 0 Å². The average molecular weight is 441 g/mol. The number of rotatable bonds is 4. The zero-order chi connectivity index (χ0) is 22.8. The zero-order valence-electron chi connectivity index (χ0n) is 19.2. The number of aryl methyl sites for hydroxylation is 1. The number of aromatic nitrogens is 1. The molecule has 1 aromatic heterocycles. The number of methoxy groups -OCH3 is 1. The zero-order valence-corrected chi connectivity index (χ0v) is 20.2. The van der Waals surface area contributed by atoms with E-state index < -0.39 is 14.0 Å². The van der Waals surface area contributed by atoms with Gasteiger partial charge in [0.05, 0.1) is 20.7 Å². The molecule has 1 atom stereocenters. The number of nitrogens with one attached hydrogen (secondary N) is 1. The number of hydrogen-bond acceptors (Lipinski definition) is 5. The van der Waals surface area contributed by atoms with Gasteiger partial charge in [-0.25, -0.2) is 14.6 Å². The van der Waals surface area contributed by atoms with Crippen LogP contribution in [0, 0.1) is 6.92 Å². The van der Waals surface area contributed by atoms with Crippen LogP contribution in [0.2, 0.25) is 19.6 Å². The van der Waals surface area contributed by atoms with Gasteiger partial charge in [-0.3, -0.25) is 0 Å². The topological polar surface area (TPSA) is 74.8 Å². The molecule has 0 radical (unpaired) electrons. The van der Waals surface area contributed by atoms with E-state index in [9.17, 15) is 9.59 Å². The monoisotopic (exact) mass is 440 g/mol. The number of pyridine rings is 1. The van der Waals surface area contributed by atoms with Gasteiger partial charge in [0.25, 0.3) is 0 Å². The van der Waals surface area contributed by atoms with Crippen LogP contribution in [-0.4, -0.2) is 62.7 Å². The predicted octanol–water partition coefficient (Wildman–Crippen LogP) is 3.46. The van der Waals surface area contributed by atoms with Crippen molar-refractivity contribution in [2.45, 2.75) is 39.5 Å². The normalized spacial score (nSPS) is 16.8. The third kappa shape index (κ3) is 5.25. The molecule has 0 unspecified atom stereocenters. The maximum absolute atomic E-state index is 12.9. The Morgan fingerprint density at radius 2 is 1.84 bits per heavy atom. The van der Waals surface area contributed by atoms with E-state index in [0.717, 1.165) is 17.1 Å². The van der Waals surface area contributed by atoms with Crippen LogP contribution in [0.1, 0.15) is 22.8 Å². The lowest BCUT2D eigenvalue weighted by atomic mass is 10.1. The van der Waals surface area contributed by atoms with E-state index in [1.165, 1.54) is 12.3 Å². The van der Waals surface area contributed by atoms with E-state index in [1.807, 2.05) is 30.9 Å². The number of hydrogen-bond donors (Lipinski definition) is 1. The number of ether oxygens (including phenoxy) is 1. The summed E-state index contributed by atoms with van der Waals surface area (Å²) < 4.78 is 4.76. The SMILES string of the molecule is COC(=O)c1cnc(N2CCN(C(=O)Nc3ccc([Si](C)(C)C)cc3)[C@H](C)C2)c(C)c1. The van der Waals surface area contributed by atoms with Crippen molar-refractivity contribution >= 4 is 36.8 Å². The molecule has 1 aliphatic rings. The Hall–Kier alpha value is -2.87. The molecular weight excluding hydrogens is 408 g/mol. The number of piperazine rings is 1. The first-order valence-electron chi connectivity index (χ1n) is 10.6. The van der Waals surface area contributed by atoms with Gasteiger partial charge in [-0.1, -0.05) is 37.0 Å². The second-order valence-corrected chi connectivity index (χ2v) is 14.2. The fourth-order valence-corrected chi connectivity index (χ4v) is 5.00. The highest BCUT2D eigenvalue weighted by Crippen LogP contribution is 2.22. The largest absolute Gasteiger partial charge is 0.465 e. The maximum atomic E-state index is 12.9. The molecule has 1 saturated heterocycles. The highest BCUT2D eigenvalue weighted by molar-refractivity contribution is 6.88. The Morgan fingerprint density at radius 3 is 2.39 bits per heavy atom. The Kier molecular flexibility index (Phi) is 6.69. The number of anilines is 2. The van der Waals surface area contributed by atoms with Gasteiger partial charge in [0.1, 0.15) is 5.82 Å². The smallest absolute Gasteiger partial charge is 0.339 e. The third-order valence-electron chi connectivity index (χ3n) is 5.66. The van der Waals surface area contributed by atoms with Crippen LogP contribution in [-0.2, 0) is 4.74 Å². The highest BCUT2D eigenvalue weighted by Gasteiger charge is 2.29. The minimum Gasteiger partial charge on any atom is -0.465 e. The second kappa shape index (κ2) is 9.09. The molecule has 3 rings (SSSR count). The first-order chi connectivity index (χ1) is 14.6. The summed E-state index contributed by atoms with van der Waals surface area (Å²) in [5, 5.41) is 4.40. The van der Waals surface area contributed by atoms with Gasteiger partial charge < -0.3 is 19.9 Å². The molecule has 0 saturated carbocycles. The van der Waals surface area contributed by atoms with Crippen molar-refractivity contribution in [2.75, 3.05) is 37.0 Å². The van der Waals surface area contributed by atoms with Gasteiger partial charge in [-0.2, -0.15) is 0 Å². The van der Waals surface area contributed by atoms with E-state index in [4.69, 9.17) is 4.74 Å². The molecule has 1 fully saturated rings. The molecule has 1 aliphatic heterocycles. The first kappa shape index (κ1) is 22.8. The predicted molar refractivity (Wildman–Crippen MR) is 127 cm³/mol. The van der Waals surface area contributed by atoms with Gasteiger partial charge >= 0.3 is 12.0 Å². The van der Waals surface area contributed by atoms with E-state index in [0.29, 0.717) is 25.2 Å². The van der Waals surface area contributed by atoms with Crippen molar-refractivity contribution in [3.05, 3.63) is 47.7 Å². The van der Waals surface area contributed by atoms with Gasteiger partial charge in [-0.15, -0.1) is 0 Å². The van der Waals surface area contributed by atoms with Crippen LogP contribution in [0.15, 0.2) is 36.5 Å². The second-order valence-electron chi connectivity index (χ2n) is 9.10. The summed E-state index contributed by atoms with van der Waals surface area (Å²) in [5.74, 6) is 0.441. The van der Waals surface area contributed by atoms with Crippen LogP contribution in [0.25, 0.3) is 0 Å². The van der Waals surface area contributed by atoms with Crippen LogP contribution in [0.3, 0.4) is 0 Å². The van der Waals surface area contributed by atoms with Gasteiger partial charge in [-0.05, 0) is 37.6 Å². The molecule has 8 heteroatoms. The molecule has 0 spiro atoms.